The SMILES string of the molecule is COc1ccc(CCNC(=O)Cn2nc([N+](=O)[O-])c([N+](=O)[O-])c2C)cc1OC. The van der Waals surface area contributed by atoms with Crippen LogP contribution in [-0.2, 0) is 17.8 Å². The first kappa shape index (κ1) is 20.6. The van der Waals surface area contributed by atoms with Gasteiger partial charge in [0.1, 0.15) is 12.2 Å². The fourth-order valence-electron chi connectivity index (χ4n) is 2.59. The zero-order chi connectivity index (χ0) is 20.8. The summed E-state index contributed by atoms with van der Waals surface area (Å²) in [6, 6.07) is 5.37. The van der Waals surface area contributed by atoms with Gasteiger partial charge in [-0.15, -0.1) is 0 Å². The summed E-state index contributed by atoms with van der Waals surface area (Å²) in [7, 11) is 3.05. The average molecular weight is 393 g/mol. The van der Waals surface area contributed by atoms with E-state index in [1.165, 1.54) is 21.1 Å². The van der Waals surface area contributed by atoms with Gasteiger partial charge in [-0.2, -0.15) is 4.68 Å². The molecule has 0 spiro atoms. The third kappa shape index (κ3) is 4.52. The van der Waals surface area contributed by atoms with Crippen molar-refractivity contribution in [2.75, 3.05) is 20.8 Å². The van der Waals surface area contributed by atoms with Gasteiger partial charge in [0.2, 0.25) is 5.91 Å². The molecule has 2 rings (SSSR count). The van der Waals surface area contributed by atoms with Crippen molar-refractivity contribution in [2.24, 2.45) is 0 Å². The summed E-state index contributed by atoms with van der Waals surface area (Å²) in [6.45, 7) is 1.22. The predicted octanol–water partition coefficient (Wildman–Crippen LogP) is 1.38. The minimum Gasteiger partial charge on any atom is -0.493 e. The Morgan fingerprint density at radius 1 is 1.18 bits per heavy atom. The van der Waals surface area contributed by atoms with Crippen molar-refractivity contribution < 1.29 is 24.1 Å². The molecule has 150 valence electrons. The van der Waals surface area contributed by atoms with Crippen LogP contribution in [0.15, 0.2) is 18.2 Å². The van der Waals surface area contributed by atoms with Crippen LogP contribution in [0.4, 0.5) is 11.5 Å². The Bertz CT molecular complexity index is 909. The van der Waals surface area contributed by atoms with Crippen molar-refractivity contribution in [3.8, 4) is 11.5 Å². The molecule has 0 atom stereocenters. The molecule has 12 heteroatoms. The lowest BCUT2D eigenvalue weighted by Gasteiger charge is -2.10. The molecule has 1 amide bonds. The summed E-state index contributed by atoms with van der Waals surface area (Å²) in [5.41, 5.74) is 0.120. The van der Waals surface area contributed by atoms with Gasteiger partial charge >= 0.3 is 11.5 Å². The lowest BCUT2D eigenvalue weighted by molar-refractivity contribution is -0.424. The second-order valence-corrected chi connectivity index (χ2v) is 5.72. The first-order valence-corrected chi connectivity index (χ1v) is 8.12. The van der Waals surface area contributed by atoms with E-state index in [4.69, 9.17) is 9.47 Å². The molecular formula is C16H19N5O7. The molecule has 0 aliphatic heterocycles. The molecular weight excluding hydrogens is 374 g/mol. The monoisotopic (exact) mass is 393 g/mol. The van der Waals surface area contributed by atoms with Gasteiger partial charge in [-0.25, -0.2) is 0 Å². The Kier molecular flexibility index (Phi) is 6.47. The number of benzene rings is 1. The Balaban J connectivity index is 1.99. The Morgan fingerprint density at radius 3 is 2.39 bits per heavy atom. The van der Waals surface area contributed by atoms with Crippen molar-refractivity contribution in [1.82, 2.24) is 15.1 Å². The number of hydrogen-bond acceptors (Lipinski definition) is 8. The molecule has 0 unspecified atom stereocenters. The van der Waals surface area contributed by atoms with Gasteiger partial charge in [0.25, 0.3) is 0 Å². The van der Waals surface area contributed by atoms with Crippen LogP contribution in [0, 0.1) is 27.2 Å². The van der Waals surface area contributed by atoms with Gasteiger partial charge in [0, 0.05) is 6.54 Å². The van der Waals surface area contributed by atoms with Crippen molar-refractivity contribution in [3.63, 3.8) is 0 Å². The zero-order valence-corrected chi connectivity index (χ0v) is 15.5. The molecule has 1 aromatic heterocycles. The van der Waals surface area contributed by atoms with E-state index in [9.17, 15) is 25.0 Å². The molecule has 0 bridgehead atoms. The lowest BCUT2D eigenvalue weighted by atomic mass is 10.1. The number of aromatic nitrogens is 2. The summed E-state index contributed by atoms with van der Waals surface area (Å²) in [4.78, 5) is 32.2. The maximum atomic E-state index is 12.1. The Hall–Kier alpha value is -3.70. The van der Waals surface area contributed by atoms with Crippen molar-refractivity contribution >= 4 is 17.4 Å². The van der Waals surface area contributed by atoms with E-state index in [0.717, 1.165) is 10.2 Å². The number of rotatable bonds is 9. The third-order valence-electron chi connectivity index (χ3n) is 3.99. The van der Waals surface area contributed by atoms with E-state index in [2.05, 4.69) is 10.4 Å². The second kappa shape index (κ2) is 8.79. The topological polar surface area (TPSA) is 152 Å². The molecule has 1 N–H and O–H groups in total. The molecule has 0 fully saturated rings. The number of methoxy groups -OCH3 is 2. The highest BCUT2D eigenvalue weighted by Crippen LogP contribution is 2.29. The molecule has 1 heterocycles. The van der Waals surface area contributed by atoms with E-state index < -0.39 is 27.3 Å². The first-order valence-electron chi connectivity index (χ1n) is 8.12. The fourth-order valence-corrected chi connectivity index (χ4v) is 2.59. The second-order valence-electron chi connectivity index (χ2n) is 5.72. The quantitative estimate of drug-likeness (QED) is 0.495. The highest BCUT2D eigenvalue weighted by atomic mass is 16.6. The minimum atomic E-state index is -0.948. The lowest BCUT2D eigenvalue weighted by Crippen LogP contribution is -2.30. The van der Waals surface area contributed by atoms with Crippen LogP contribution in [0.25, 0.3) is 0 Å². The van der Waals surface area contributed by atoms with Crippen LogP contribution < -0.4 is 14.8 Å². The molecule has 0 saturated heterocycles. The van der Waals surface area contributed by atoms with Crippen molar-refractivity contribution in [1.29, 1.82) is 0 Å². The van der Waals surface area contributed by atoms with Gasteiger partial charge < -0.3 is 24.9 Å². The van der Waals surface area contributed by atoms with Crippen LogP contribution >= 0.6 is 0 Å². The molecule has 0 radical (unpaired) electrons. The maximum Gasteiger partial charge on any atom is 0.468 e. The summed E-state index contributed by atoms with van der Waals surface area (Å²) in [6.07, 6.45) is 0.504. The standard InChI is InChI=1S/C16H19N5O7/c1-10-15(20(23)24)16(21(25)26)18-19(10)9-14(22)17-7-6-11-4-5-12(27-2)13(8-11)28-3/h4-5,8H,6-7,9H2,1-3H3,(H,17,22). The number of amides is 1. The third-order valence-corrected chi connectivity index (χ3v) is 3.99. The van der Waals surface area contributed by atoms with E-state index in [-0.39, 0.29) is 12.2 Å². The van der Waals surface area contributed by atoms with E-state index in [1.807, 2.05) is 6.07 Å². The molecule has 1 aromatic carbocycles. The van der Waals surface area contributed by atoms with Crippen LogP contribution in [0.1, 0.15) is 11.3 Å². The number of nitrogens with one attached hydrogen (secondary N) is 1. The number of nitrogens with zero attached hydrogens (tertiary/aromatic N) is 4. The van der Waals surface area contributed by atoms with Crippen LogP contribution in [0.5, 0.6) is 11.5 Å². The fraction of sp³-hybridized carbons (Fsp3) is 0.375. The summed E-state index contributed by atoms with van der Waals surface area (Å²) in [5.74, 6) is -0.206. The first-order chi connectivity index (χ1) is 13.3. The Morgan fingerprint density at radius 2 is 1.86 bits per heavy atom. The van der Waals surface area contributed by atoms with Crippen LogP contribution in [0.3, 0.4) is 0 Å². The molecule has 2 aromatic rings. The largest absolute Gasteiger partial charge is 0.493 e. The molecule has 28 heavy (non-hydrogen) atoms. The van der Waals surface area contributed by atoms with Gasteiger partial charge in [0.15, 0.2) is 11.5 Å². The highest BCUT2D eigenvalue weighted by molar-refractivity contribution is 5.76. The average Bonchev–Trinajstić information content (AvgIpc) is 2.98. The zero-order valence-electron chi connectivity index (χ0n) is 15.5. The van der Waals surface area contributed by atoms with Gasteiger partial charge in [-0.05, 0) is 36.0 Å². The normalized spacial score (nSPS) is 10.4. The number of nitro groups is 2. The number of ether oxygens (including phenoxy) is 2. The number of carbonyl (C=O) groups is 1. The number of hydrogen-bond donors (Lipinski definition) is 1. The summed E-state index contributed by atoms with van der Waals surface area (Å²) >= 11 is 0. The molecule has 0 aliphatic carbocycles. The van der Waals surface area contributed by atoms with Gasteiger partial charge in [-0.1, -0.05) is 6.07 Å². The minimum absolute atomic E-state index is 0.0632. The summed E-state index contributed by atoms with van der Waals surface area (Å²) < 4.78 is 11.3. The van der Waals surface area contributed by atoms with Gasteiger partial charge in [-0.3, -0.25) is 14.9 Å². The predicted molar refractivity (Wildman–Crippen MR) is 96.5 cm³/mol. The molecule has 0 aliphatic rings. The van der Waals surface area contributed by atoms with E-state index in [1.54, 1.807) is 12.1 Å². The molecule has 12 nitrogen and oxygen atoms in total. The van der Waals surface area contributed by atoms with E-state index in [0.29, 0.717) is 24.5 Å². The van der Waals surface area contributed by atoms with Crippen molar-refractivity contribution in [2.45, 2.75) is 19.9 Å². The molecule has 0 saturated carbocycles. The highest BCUT2D eigenvalue weighted by Gasteiger charge is 2.35. The van der Waals surface area contributed by atoms with Crippen LogP contribution in [-0.4, -0.2) is 46.3 Å². The van der Waals surface area contributed by atoms with Gasteiger partial charge in [0.05, 0.1) is 24.2 Å². The smallest absolute Gasteiger partial charge is 0.468 e. The summed E-state index contributed by atoms with van der Waals surface area (Å²) in [5, 5.41) is 28.1. The Labute approximate surface area is 159 Å². The van der Waals surface area contributed by atoms with E-state index >= 15 is 0 Å². The van der Waals surface area contributed by atoms with Crippen LogP contribution in [0.2, 0.25) is 0 Å². The van der Waals surface area contributed by atoms with Crippen molar-refractivity contribution in [3.05, 3.63) is 49.7 Å². The maximum absolute atomic E-state index is 12.1. The number of carbonyl (C=O) groups excluding carboxylic acids is 1.